The lowest BCUT2D eigenvalue weighted by molar-refractivity contribution is -0.144. The highest BCUT2D eigenvalue weighted by atomic mass is 16.6. The molecule has 2 aliphatic heterocycles. The molecule has 172 valence electrons. The summed E-state index contributed by atoms with van der Waals surface area (Å²) in [6.45, 7) is 10.1. The van der Waals surface area contributed by atoms with Crippen molar-refractivity contribution in [2.24, 2.45) is 0 Å². The van der Waals surface area contributed by atoms with Gasteiger partial charge in [0.05, 0.1) is 13.2 Å². The molecule has 10 nitrogen and oxygen atoms in total. The fraction of sp³-hybridized carbons (Fsp3) is 0.619. The number of alkyl carbamates (subject to hydrolysis) is 1. The van der Waals surface area contributed by atoms with Gasteiger partial charge in [-0.1, -0.05) is 12.7 Å². The lowest BCUT2D eigenvalue weighted by Gasteiger charge is -2.29. The van der Waals surface area contributed by atoms with Crippen molar-refractivity contribution in [3.63, 3.8) is 0 Å². The zero-order valence-corrected chi connectivity index (χ0v) is 17.8. The molecule has 0 aromatic heterocycles. The Kier molecular flexibility index (Phi) is 9.04. The third kappa shape index (κ3) is 6.81. The van der Waals surface area contributed by atoms with E-state index in [4.69, 9.17) is 9.47 Å². The van der Waals surface area contributed by atoms with Crippen LogP contribution in [0.2, 0.25) is 0 Å². The lowest BCUT2D eigenvalue weighted by Crippen LogP contribution is -2.55. The summed E-state index contributed by atoms with van der Waals surface area (Å²) >= 11 is 0. The topological polar surface area (TPSA) is 134 Å². The molecule has 0 radical (unpaired) electrons. The van der Waals surface area contributed by atoms with E-state index in [2.05, 4.69) is 23.8 Å². The summed E-state index contributed by atoms with van der Waals surface area (Å²) in [7, 11) is 0. The van der Waals surface area contributed by atoms with Crippen LogP contribution in [0.1, 0.15) is 39.0 Å². The second-order valence-electron chi connectivity index (χ2n) is 7.77. The number of nitrogens with zero attached hydrogens (tertiary/aromatic N) is 1. The van der Waals surface area contributed by atoms with Crippen molar-refractivity contribution in [3.05, 3.63) is 24.8 Å². The summed E-state index contributed by atoms with van der Waals surface area (Å²) in [5.74, 6) is -2.16. The van der Waals surface area contributed by atoms with Crippen molar-refractivity contribution in [1.82, 2.24) is 15.5 Å². The number of amides is 3. The van der Waals surface area contributed by atoms with E-state index in [9.17, 15) is 24.3 Å². The third-order valence-corrected chi connectivity index (χ3v) is 5.28. The van der Waals surface area contributed by atoms with Crippen LogP contribution >= 0.6 is 0 Å². The molecule has 0 bridgehead atoms. The van der Waals surface area contributed by atoms with Gasteiger partial charge in [-0.25, -0.2) is 9.59 Å². The molecule has 2 aliphatic rings. The summed E-state index contributed by atoms with van der Waals surface area (Å²) in [6.07, 6.45) is 2.66. The predicted molar refractivity (Wildman–Crippen MR) is 111 cm³/mol. The Hall–Kier alpha value is -2.88. The van der Waals surface area contributed by atoms with Crippen LogP contribution < -0.4 is 10.6 Å². The molecule has 0 aromatic carbocycles. The number of aliphatic carboxylic acids is 1. The fourth-order valence-corrected chi connectivity index (χ4v) is 3.58. The second kappa shape index (κ2) is 11.5. The van der Waals surface area contributed by atoms with E-state index >= 15 is 0 Å². The Morgan fingerprint density at radius 1 is 1.29 bits per heavy atom. The van der Waals surface area contributed by atoms with Crippen LogP contribution in [-0.4, -0.2) is 77.9 Å². The minimum atomic E-state index is -1.15. The van der Waals surface area contributed by atoms with Gasteiger partial charge in [-0.15, -0.1) is 6.58 Å². The van der Waals surface area contributed by atoms with Crippen LogP contribution in [0.15, 0.2) is 24.8 Å². The molecular formula is C21H31N3O7. The molecule has 0 saturated carbocycles. The Balaban J connectivity index is 2.03. The van der Waals surface area contributed by atoms with Gasteiger partial charge >= 0.3 is 12.1 Å². The van der Waals surface area contributed by atoms with Gasteiger partial charge in [0.2, 0.25) is 11.8 Å². The standard InChI is InChI=1S/C21H31N3O7/c1-4-5-7-15(20(27)28)22-18(25)16-8-6-10-24(16)19(26)17(13(2)3)23-21(29)31-14-9-11-30-12-14/h4,14-17H,1-2,5-12H2,3H3,(H,22,25)(H,23,29)(H,27,28)/t14-,15-,16-,17-/m0/s1. The van der Waals surface area contributed by atoms with E-state index in [1.807, 2.05) is 0 Å². The average Bonchev–Trinajstić information content (AvgIpc) is 3.40. The number of carbonyl (C=O) groups is 4. The Labute approximate surface area is 181 Å². The number of carboxylic acids is 1. The third-order valence-electron chi connectivity index (χ3n) is 5.28. The highest BCUT2D eigenvalue weighted by Crippen LogP contribution is 2.21. The minimum absolute atomic E-state index is 0.206. The number of hydrogen-bond donors (Lipinski definition) is 3. The number of hydrogen-bond acceptors (Lipinski definition) is 6. The molecule has 31 heavy (non-hydrogen) atoms. The van der Waals surface area contributed by atoms with E-state index in [-0.39, 0.29) is 12.5 Å². The second-order valence-corrected chi connectivity index (χ2v) is 7.77. The quantitative estimate of drug-likeness (QED) is 0.434. The summed E-state index contributed by atoms with van der Waals surface area (Å²) in [5.41, 5.74) is 0.394. The Morgan fingerprint density at radius 2 is 2.03 bits per heavy atom. The van der Waals surface area contributed by atoms with Gasteiger partial charge in [-0.05, 0) is 38.2 Å². The van der Waals surface area contributed by atoms with Crippen molar-refractivity contribution >= 4 is 23.9 Å². The van der Waals surface area contributed by atoms with E-state index in [1.165, 1.54) is 4.90 Å². The van der Waals surface area contributed by atoms with Gasteiger partial charge in [-0.3, -0.25) is 9.59 Å². The molecule has 2 rings (SSSR count). The predicted octanol–water partition coefficient (Wildman–Crippen LogP) is 0.973. The van der Waals surface area contributed by atoms with Crippen LogP contribution in [0.5, 0.6) is 0 Å². The molecule has 2 fully saturated rings. The Morgan fingerprint density at radius 3 is 2.61 bits per heavy atom. The summed E-state index contributed by atoms with van der Waals surface area (Å²) in [4.78, 5) is 50.9. The molecule has 3 amide bonds. The Bertz CT molecular complexity index is 718. The largest absolute Gasteiger partial charge is 0.480 e. The van der Waals surface area contributed by atoms with Gasteiger partial charge in [0.15, 0.2) is 0 Å². The molecule has 2 heterocycles. The maximum Gasteiger partial charge on any atom is 0.408 e. The highest BCUT2D eigenvalue weighted by molar-refractivity contribution is 5.94. The van der Waals surface area contributed by atoms with Crippen molar-refractivity contribution in [1.29, 1.82) is 0 Å². The maximum atomic E-state index is 13.1. The first-order chi connectivity index (χ1) is 14.7. The number of allylic oxidation sites excluding steroid dienone is 1. The van der Waals surface area contributed by atoms with Crippen molar-refractivity contribution in [3.8, 4) is 0 Å². The van der Waals surface area contributed by atoms with Crippen LogP contribution in [-0.2, 0) is 23.9 Å². The SMILES string of the molecule is C=CCC[C@H](NC(=O)[C@@H]1CCCN1C(=O)[C@@H](NC(=O)O[C@H]1CCOC1)C(=C)C)C(=O)O. The van der Waals surface area contributed by atoms with Gasteiger partial charge < -0.3 is 30.1 Å². The van der Waals surface area contributed by atoms with Crippen LogP contribution in [0.3, 0.4) is 0 Å². The molecule has 2 saturated heterocycles. The number of likely N-dealkylation sites (tertiary alicyclic amines) is 1. The number of carboxylic acid groups (broad SMARTS) is 1. The van der Waals surface area contributed by atoms with E-state index in [1.54, 1.807) is 13.0 Å². The first kappa shape index (κ1) is 24.4. The molecular weight excluding hydrogens is 406 g/mol. The summed E-state index contributed by atoms with van der Waals surface area (Å²) < 4.78 is 10.4. The van der Waals surface area contributed by atoms with Gasteiger partial charge in [0.1, 0.15) is 24.2 Å². The summed E-state index contributed by atoms with van der Waals surface area (Å²) in [6, 6.07) is -2.94. The molecule has 4 atom stereocenters. The first-order valence-corrected chi connectivity index (χ1v) is 10.4. The average molecular weight is 437 g/mol. The van der Waals surface area contributed by atoms with Crippen LogP contribution in [0.4, 0.5) is 4.79 Å². The number of nitrogens with one attached hydrogen (secondary N) is 2. The maximum absolute atomic E-state index is 13.1. The lowest BCUT2D eigenvalue weighted by atomic mass is 10.1. The molecule has 10 heteroatoms. The molecule has 0 aliphatic carbocycles. The zero-order valence-electron chi connectivity index (χ0n) is 17.8. The van der Waals surface area contributed by atoms with E-state index in [0.29, 0.717) is 51.0 Å². The summed E-state index contributed by atoms with van der Waals surface area (Å²) in [5, 5.41) is 14.4. The molecule has 0 aromatic rings. The highest BCUT2D eigenvalue weighted by Gasteiger charge is 2.39. The minimum Gasteiger partial charge on any atom is -0.480 e. The number of ether oxygens (including phenoxy) is 2. The van der Waals surface area contributed by atoms with Crippen molar-refractivity contribution in [2.45, 2.75) is 63.3 Å². The van der Waals surface area contributed by atoms with Crippen molar-refractivity contribution in [2.75, 3.05) is 19.8 Å². The van der Waals surface area contributed by atoms with Crippen molar-refractivity contribution < 1.29 is 33.8 Å². The smallest absolute Gasteiger partial charge is 0.408 e. The van der Waals surface area contributed by atoms with E-state index in [0.717, 1.165) is 0 Å². The molecule has 0 unspecified atom stereocenters. The first-order valence-electron chi connectivity index (χ1n) is 10.4. The monoisotopic (exact) mass is 437 g/mol. The normalized spacial score (nSPS) is 22.3. The zero-order chi connectivity index (χ0) is 23.0. The van der Waals surface area contributed by atoms with E-state index < -0.39 is 42.0 Å². The molecule has 0 spiro atoms. The van der Waals surface area contributed by atoms with Gasteiger partial charge in [-0.2, -0.15) is 0 Å². The molecule has 3 N–H and O–H groups in total. The van der Waals surface area contributed by atoms with Gasteiger partial charge in [0.25, 0.3) is 0 Å². The number of carbonyl (C=O) groups excluding carboxylic acids is 3. The number of rotatable bonds is 10. The van der Waals surface area contributed by atoms with Crippen LogP contribution in [0.25, 0.3) is 0 Å². The van der Waals surface area contributed by atoms with Crippen LogP contribution in [0, 0.1) is 0 Å². The van der Waals surface area contributed by atoms with Gasteiger partial charge in [0, 0.05) is 13.0 Å². The fourth-order valence-electron chi connectivity index (χ4n) is 3.58.